The Morgan fingerprint density at radius 3 is 2.25 bits per heavy atom. The van der Waals surface area contributed by atoms with Gasteiger partial charge in [0.15, 0.2) is 0 Å². The molecule has 0 aliphatic heterocycles. The van der Waals surface area contributed by atoms with Gasteiger partial charge in [0.05, 0.1) is 16.9 Å². The van der Waals surface area contributed by atoms with E-state index in [-0.39, 0.29) is 11.4 Å². The average Bonchev–Trinajstić information content (AvgIpc) is 2.61. The van der Waals surface area contributed by atoms with Crippen LogP contribution in [0.25, 0.3) is 0 Å². The second-order valence-electron chi connectivity index (χ2n) is 6.73. The Morgan fingerprint density at radius 2 is 1.71 bits per heavy atom. The maximum atomic E-state index is 12.7. The van der Waals surface area contributed by atoms with Crippen LogP contribution in [-0.4, -0.2) is 44.0 Å². The highest BCUT2D eigenvalue weighted by Crippen LogP contribution is 2.27. The Kier molecular flexibility index (Phi) is 6.40. The highest BCUT2D eigenvalue weighted by Gasteiger charge is 2.25. The molecule has 28 heavy (non-hydrogen) atoms. The van der Waals surface area contributed by atoms with Crippen molar-refractivity contribution >= 4 is 27.3 Å². The highest BCUT2D eigenvalue weighted by molar-refractivity contribution is 7.92. The zero-order valence-corrected chi connectivity index (χ0v) is 17.1. The van der Waals surface area contributed by atoms with Crippen LogP contribution in [0.1, 0.15) is 16.7 Å². The first-order valence-electron chi connectivity index (χ1n) is 8.51. The number of nitro benzene ring substituents is 1. The summed E-state index contributed by atoms with van der Waals surface area (Å²) in [5.41, 5.74) is 2.41. The second-order valence-corrected chi connectivity index (χ2v) is 8.64. The molecule has 1 amide bonds. The van der Waals surface area contributed by atoms with Gasteiger partial charge in [-0.25, -0.2) is 8.42 Å². The van der Waals surface area contributed by atoms with Crippen molar-refractivity contribution in [2.75, 3.05) is 24.2 Å². The normalized spacial score (nSPS) is 11.1. The minimum Gasteiger partial charge on any atom is -0.340 e. The Balaban J connectivity index is 2.27. The van der Waals surface area contributed by atoms with Crippen LogP contribution in [0.15, 0.2) is 42.5 Å². The summed E-state index contributed by atoms with van der Waals surface area (Å²) in [4.78, 5) is 24.5. The first kappa shape index (κ1) is 21.4. The van der Waals surface area contributed by atoms with Crippen LogP contribution in [0, 0.1) is 24.0 Å². The van der Waals surface area contributed by atoms with Gasteiger partial charge in [-0.2, -0.15) is 0 Å². The number of amides is 1. The Hall–Kier alpha value is -2.94. The molecule has 150 valence electrons. The predicted octanol–water partition coefficient (Wildman–Crippen LogP) is 2.64. The van der Waals surface area contributed by atoms with Crippen molar-refractivity contribution in [1.82, 2.24) is 4.90 Å². The van der Waals surface area contributed by atoms with E-state index in [4.69, 9.17) is 0 Å². The molecule has 0 radical (unpaired) electrons. The Bertz CT molecular complexity index is 987. The number of rotatable bonds is 7. The summed E-state index contributed by atoms with van der Waals surface area (Å²) < 4.78 is 25.5. The molecule has 0 aromatic heterocycles. The topological polar surface area (TPSA) is 101 Å². The third-order valence-electron chi connectivity index (χ3n) is 4.32. The summed E-state index contributed by atoms with van der Waals surface area (Å²) in [7, 11) is -2.24. The molecular weight excluding hydrogens is 382 g/mol. The number of aryl methyl sites for hydroxylation is 2. The lowest BCUT2D eigenvalue weighted by atomic mass is 10.1. The van der Waals surface area contributed by atoms with Gasteiger partial charge < -0.3 is 4.90 Å². The quantitative estimate of drug-likeness (QED) is 0.521. The molecule has 0 fully saturated rings. The predicted molar refractivity (Wildman–Crippen MR) is 108 cm³/mol. The number of carbonyl (C=O) groups is 1. The first-order chi connectivity index (χ1) is 13.0. The number of nitro groups is 1. The van der Waals surface area contributed by atoms with Gasteiger partial charge in [0.1, 0.15) is 6.54 Å². The standard InChI is InChI=1S/C19H23N3O5S/c1-14-5-8-16(9-6-14)12-20(3)19(23)13-21(28(4,26)27)18-11-17(22(24)25)10-7-15(18)2/h5-11H,12-13H2,1-4H3. The first-order valence-corrected chi connectivity index (χ1v) is 10.4. The third kappa shape index (κ3) is 5.29. The molecule has 0 unspecified atom stereocenters. The number of non-ortho nitro benzene ring substituents is 1. The maximum Gasteiger partial charge on any atom is 0.271 e. The van der Waals surface area contributed by atoms with Crippen molar-refractivity contribution in [3.8, 4) is 0 Å². The lowest BCUT2D eigenvalue weighted by molar-refractivity contribution is -0.384. The summed E-state index contributed by atoms with van der Waals surface area (Å²) in [5.74, 6) is -0.420. The number of benzene rings is 2. The number of sulfonamides is 1. The van der Waals surface area contributed by atoms with Crippen LogP contribution in [0.3, 0.4) is 0 Å². The fourth-order valence-electron chi connectivity index (χ4n) is 2.66. The molecule has 0 aliphatic carbocycles. The molecule has 0 N–H and O–H groups in total. The van der Waals surface area contributed by atoms with Gasteiger partial charge in [0, 0.05) is 25.7 Å². The third-order valence-corrected chi connectivity index (χ3v) is 5.44. The lowest BCUT2D eigenvalue weighted by Gasteiger charge is -2.26. The number of carbonyl (C=O) groups excluding carboxylic acids is 1. The molecule has 0 saturated heterocycles. The van der Waals surface area contributed by atoms with E-state index in [1.807, 2.05) is 31.2 Å². The van der Waals surface area contributed by atoms with Crippen molar-refractivity contribution in [1.29, 1.82) is 0 Å². The molecule has 9 heteroatoms. The molecule has 0 heterocycles. The van der Waals surface area contributed by atoms with Gasteiger partial charge in [-0.3, -0.25) is 19.2 Å². The van der Waals surface area contributed by atoms with Crippen molar-refractivity contribution in [2.24, 2.45) is 0 Å². The molecule has 0 saturated carbocycles. The summed E-state index contributed by atoms with van der Waals surface area (Å²) in [6, 6.07) is 11.6. The van der Waals surface area contributed by atoms with Crippen molar-refractivity contribution < 1.29 is 18.1 Å². The molecule has 0 atom stereocenters. The minimum absolute atomic E-state index is 0.119. The maximum absolute atomic E-state index is 12.7. The van der Waals surface area contributed by atoms with E-state index in [2.05, 4.69) is 0 Å². The molecule has 8 nitrogen and oxygen atoms in total. The minimum atomic E-state index is -3.83. The van der Waals surface area contributed by atoms with Gasteiger partial charge in [0.2, 0.25) is 15.9 Å². The van der Waals surface area contributed by atoms with Crippen molar-refractivity contribution in [2.45, 2.75) is 20.4 Å². The fourth-order valence-corrected chi connectivity index (χ4v) is 3.56. The zero-order valence-electron chi connectivity index (χ0n) is 16.2. The van der Waals surface area contributed by atoms with Crippen LogP contribution in [0.5, 0.6) is 0 Å². The SMILES string of the molecule is Cc1ccc(CN(C)C(=O)CN(c2cc([N+](=O)[O-])ccc2C)S(C)(=O)=O)cc1. The molecule has 0 spiro atoms. The average molecular weight is 405 g/mol. The van der Waals surface area contributed by atoms with Gasteiger partial charge in [-0.1, -0.05) is 35.9 Å². The van der Waals surface area contributed by atoms with E-state index < -0.39 is 27.4 Å². The Morgan fingerprint density at radius 1 is 1.11 bits per heavy atom. The van der Waals surface area contributed by atoms with E-state index in [1.54, 1.807) is 14.0 Å². The number of anilines is 1. The van der Waals surface area contributed by atoms with Crippen LogP contribution < -0.4 is 4.31 Å². The van der Waals surface area contributed by atoms with Crippen molar-refractivity contribution in [3.05, 3.63) is 69.3 Å². The van der Waals surface area contributed by atoms with Crippen LogP contribution >= 0.6 is 0 Å². The summed E-state index contributed by atoms with van der Waals surface area (Å²) in [6.07, 6.45) is 0.971. The summed E-state index contributed by atoms with van der Waals surface area (Å²) in [5, 5.41) is 11.1. The number of nitrogens with zero attached hydrogens (tertiary/aromatic N) is 3. The molecule has 0 bridgehead atoms. The van der Waals surface area contributed by atoms with Crippen molar-refractivity contribution in [3.63, 3.8) is 0 Å². The molecule has 0 aliphatic rings. The monoisotopic (exact) mass is 405 g/mol. The van der Waals surface area contributed by atoms with E-state index in [0.717, 1.165) is 21.7 Å². The zero-order chi connectivity index (χ0) is 21.1. The smallest absolute Gasteiger partial charge is 0.271 e. The molecule has 2 aromatic carbocycles. The van der Waals surface area contributed by atoms with Crippen LogP contribution in [0.4, 0.5) is 11.4 Å². The summed E-state index contributed by atoms with van der Waals surface area (Å²) >= 11 is 0. The van der Waals surface area contributed by atoms with Crippen LogP contribution in [0.2, 0.25) is 0 Å². The lowest BCUT2D eigenvalue weighted by Crippen LogP contribution is -2.41. The number of likely N-dealkylation sites (N-methyl/N-ethyl adjacent to an activating group) is 1. The Labute approximate surface area is 164 Å². The van der Waals surface area contributed by atoms with Gasteiger partial charge in [-0.05, 0) is 25.0 Å². The van der Waals surface area contributed by atoms with E-state index in [1.165, 1.54) is 23.1 Å². The number of hydrogen-bond acceptors (Lipinski definition) is 5. The largest absolute Gasteiger partial charge is 0.340 e. The number of hydrogen-bond donors (Lipinski definition) is 0. The van der Waals surface area contributed by atoms with Gasteiger partial charge in [-0.15, -0.1) is 0 Å². The molecular formula is C19H23N3O5S. The van der Waals surface area contributed by atoms with Crippen LogP contribution in [-0.2, 0) is 21.4 Å². The summed E-state index contributed by atoms with van der Waals surface area (Å²) in [6.45, 7) is 3.48. The molecule has 2 aromatic rings. The van der Waals surface area contributed by atoms with Gasteiger partial charge >= 0.3 is 0 Å². The fraction of sp³-hybridized carbons (Fsp3) is 0.316. The van der Waals surface area contributed by atoms with E-state index in [9.17, 15) is 23.3 Å². The second kappa shape index (κ2) is 8.39. The van der Waals surface area contributed by atoms with E-state index in [0.29, 0.717) is 12.1 Å². The molecule has 2 rings (SSSR count). The van der Waals surface area contributed by atoms with E-state index >= 15 is 0 Å². The highest BCUT2D eigenvalue weighted by atomic mass is 32.2. The van der Waals surface area contributed by atoms with Gasteiger partial charge in [0.25, 0.3) is 5.69 Å².